The van der Waals surface area contributed by atoms with E-state index in [0.717, 1.165) is 58.4 Å². The first-order valence-electron chi connectivity index (χ1n) is 9.81. The third-order valence-corrected chi connectivity index (χ3v) is 6.22. The molecule has 2 aliphatic rings. The van der Waals surface area contributed by atoms with Crippen LogP contribution in [0, 0.1) is 12.3 Å². The Morgan fingerprint density at radius 2 is 1.72 bits per heavy atom. The van der Waals surface area contributed by atoms with Crippen LogP contribution in [0.1, 0.15) is 45.1 Å². The molecule has 4 heteroatoms. The highest BCUT2D eigenvalue weighted by atomic mass is 16.6. The van der Waals surface area contributed by atoms with E-state index in [4.69, 9.17) is 4.74 Å². The highest BCUT2D eigenvalue weighted by Crippen LogP contribution is 2.41. The van der Waals surface area contributed by atoms with E-state index >= 15 is 0 Å². The molecule has 2 saturated heterocycles. The summed E-state index contributed by atoms with van der Waals surface area (Å²) in [5.74, 6) is 0.0340. The van der Waals surface area contributed by atoms with Crippen molar-refractivity contribution in [2.24, 2.45) is 5.41 Å². The summed E-state index contributed by atoms with van der Waals surface area (Å²) in [5, 5.41) is 0. The van der Waals surface area contributed by atoms with E-state index in [9.17, 15) is 4.79 Å². The van der Waals surface area contributed by atoms with Crippen molar-refractivity contribution in [3.05, 3.63) is 29.8 Å². The zero-order valence-corrected chi connectivity index (χ0v) is 16.0. The highest BCUT2D eigenvalue weighted by molar-refractivity contribution is 5.78. The van der Waals surface area contributed by atoms with Crippen molar-refractivity contribution in [1.29, 1.82) is 0 Å². The molecule has 0 aliphatic carbocycles. The average Bonchev–Trinajstić information content (AvgIpc) is 2.97. The van der Waals surface area contributed by atoms with Crippen molar-refractivity contribution < 1.29 is 9.53 Å². The van der Waals surface area contributed by atoms with Gasteiger partial charge in [-0.15, -0.1) is 0 Å². The van der Waals surface area contributed by atoms with Gasteiger partial charge in [0, 0.05) is 44.8 Å². The van der Waals surface area contributed by atoms with Gasteiger partial charge in [0.25, 0.3) is 0 Å². The summed E-state index contributed by atoms with van der Waals surface area (Å²) in [4.78, 5) is 17.2. The minimum atomic E-state index is -0.213. The van der Waals surface area contributed by atoms with E-state index in [2.05, 4.69) is 54.8 Å². The molecule has 25 heavy (non-hydrogen) atoms. The first-order chi connectivity index (χ1) is 12.1. The van der Waals surface area contributed by atoms with Crippen LogP contribution >= 0.6 is 0 Å². The molecular weight excluding hydrogens is 312 g/mol. The van der Waals surface area contributed by atoms with E-state index in [0.29, 0.717) is 0 Å². The van der Waals surface area contributed by atoms with Gasteiger partial charge in [0.1, 0.15) is 6.10 Å². The van der Waals surface area contributed by atoms with Crippen LogP contribution in [0.2, 0.25) is 0 Å². The molecule has 138 valence electrons. The zero-order chi connectivity index (χ0) is 17.9. The smallest absolute Gasteiger partial charge is 0.312 e. The minimum absolute atomic E-state index is 0.0340. The Hall–Kier alpha value is -1.55. The molecular formula is C21H32N2O2. The topological polar surface area (TPSA) is 32.8 Å². The van der Waals surface area contributed by atoms with E-state index in [1.54, 1.807) is 0 Å². The van der Waals surface area contributed by atoms with Gasteiger partial charge in [0.15, 0.2) is 0 Å². The van der Waals surface area contributed by atoms with Crippen molar-refractivity contribution in [2.45, 2.75) is 52.6 Å². The van der Waals surface area contributed by atoms with Crippen LogP contribution in [-0.4, -0.2) is 49.7 Å². The SMILES string of the molecule is CCC1(CC)C[C@H](CCN2CCN(c3ccc(C)cc3)CC2)OC1=O. The number of anilines is 1. The number of hydrogen-bond donors (Lipinski definition) is 0. The van der Waals surface area contributed by atoms with Gasteiger partial charge >= 0.3 is 5.97 Å². The maximum Gasteiger partial charge on any atom is 0.312 e. The average molecular weight is 344 g/mol. The number of aryl methyl sites for hydroxylation is 1. The first kappa shape index (κ1) is 18.2. The molecule has 4 nitrogen and oxygen atoms in total. The number of carbonyl (C=O) groups excluding carboxylic acids is 1. The zero-order valence-electron chi connectivity index (χ0n) is 16.0. The van der Waals surface area contributed by atoms with Gasteiger partial charge in [0.2, 0.25) is 0 Å². The molecule has 1 aromatic rings. The second-order valence-corrected chi connectivity index (χ2v) is 7.67. The van der Waals surface area contributed by atoms with Gasteiger partial charge in [0.05, 0.1) is 5.41 Å². The van der Waals surface area contributed by atoms with Gasteiger partial charge in [-0.3, -0.25) is 9.69 Å². The Kier molecular flexibility index (Phi) is 5.67. The molecule has 2 heterocycles. The van der Waals surface area contributed by atoms with Gasteiger partial charge in [-0.1, -0.05) is 31.5 Å². The van der Waals surface area contributed by atoms with Crippen LogP contribution in [-0.2, 0) is 9.53 Å². The molecule has 0 aromatic heterocycles. The summed E-state index contributed by atoms with van der Waals surface area (Å²) in [6.07, 6.45) is 3.78. The lowest BCUT2D eigenvalue weighted by molar-refractivity contribution is -0.149. The lowest BCUT2D eigenvalue weighted by atomic mass is 9.79. The second-order valence-electron chi connectivity index (χ2n) is 7.67. The van der Waals surface area contributed by atoms with Crippen molar-refractivity contribution >= 4 is 11.7 Å². The van der Waals surface area contributed by atoms with Crippen LogP contribution in [0.4, 0.5) is 5.69 Å². The van der Waals surface area contributed by atoms with Gasteiger partial charge < -0.3 is 9.64 Å². The molecule has 0 unspecified atom stereocenters. The Labute approximate surface area is 152 Å². The summed E-state index contributed by atoms with van der Waals surface area (Å²) in [6, 6.07) is 8.81. The van der Waals surface area contributed by atoms with Crippen molar-refractivity contribution in [2.75, 3.05) is 37.6 Å². The van der Waals surface area contributed by atoms with Crippen molar-refractivity contribution in [3.8, 4) is 0 Å². The molecule has 1 aromatic carbocycles. The molecule has 0 amide bonds. The molecule has 0 radical (unpaired) electrons. The molecule has 3 rings (SSSR count). The van der Waals surface area contributed by atoms with Gasteiger partial charge in [-0.2, -0.15) is 0 Å². The normalized spacial score (nSPS) is 23.7. The van der Waals surface area contributed by atoms with Crippen LogP contribution < -0.4 is 4.90 Å². The predicted molar refractivity (Wildman–Crippen MR) is 102 cm³/mol. The monoisotopic (exact) mass is 344 g/mol. The summed E-state index contributed by atoms with van der Waals surface area (Å²) in [5.41, 5.74) is 2.42. The van der Waals surface area contributed by atoms with Crippen LogP contribution in [0.25, 0.3) is 0 Å². The number of benzene rings is 1. The molecule has 2 aliphatic heterocycles. The number of esters is 1. The standard InChI is InChI=1S/C21H32N2O2/c1-4-21(5-2)16-19(25-20(21)24)10-11-22-12-14-23(15-13-22)18-8-6-17(3)7-9-18/h6-9,19H,4-5,10-16H2,1-3H3/t19-/m0/s1. The molecule has 1 atom stereocenters. The quantitative estimate of drug-likeness (QED) is 0.738. The fraction of sp³-hybridized carbons (Fsp3) is 0.667. The summed E-state index contributed by atoms with van der Waals surface area (Å²) < 4.78 is 5.68. The lowest BCUT2D eigenvalue weighted by Gasteiger charge is -2.36. The van der Waals surface area contributed by atoms with E-state index < -0.39 is 0 Å². The molecule has 0 bridgehead atoms. The number of hydrogen-bond acceptors (Lipinski definition) is 4. The Morgan fingerprint density at radius 1 is 1.08 bits per heavy atom. The number of cyclic esters (lactones) is 1. The van der Waals surface area contributed by atoms with Crippen molar-refractivity contribution in [3.63, 3.8) is 0 Å². The fourth-order valence-electron chi connectivity index (χ4n) is 4.14. The number of ether oxygens (including phenoxy) is 1. The highest BCUT2D eigenvalue weighted by Gasteiger charge is 2.46. The van der Waals surface area contributed by atoms with Crippen LogP contribution in [0.3, 0.4) is 0 Å². The van der Waals surface area contributed by atoms with E-state index in [1.165, 1.54) is 11.3 Å². The maximum atomic E-state index is 12.2. The Morgan fingerprint density at radius 3 is 2.28 bits per heavy atom. The fourth-order valence-corrected chi connectivity index (χ4v) is 4.14. The molecule has 2 fully saturated rings. The molecule has 0 saturated carbocycles. The number of rotatable bonds is 6. The minimum Gasteiger partial charge on any atom is -0.462 e. The maximum absolute atomic E-state index is 12.2. The second kappa shape index (κ2) is 7.77. The van der Waals surface area contributed by atoms with E-state index in [-0.39, 0.29) is 17.5 Å². The summed E-state index contributed by atoms with van der Waals surface area (Å²) >= 11 is 0. The molecule has 0 spiro atoms. The number of nitrogens with zero attached hydrogens (tertiary/aromatic N) is 2. The third kappa shape index (κ3) is 4.00. The molecule has 0 N–H and O–H groups in total. The predicted octanol–water partition coefficient (Wildman–Crippen LogP) is 3.63. The number of carbonyl (C=O) groups is 1. The number of piperazine rings is 1. The van der Waals surface area contributed by atoms with Gasteiger partial charge in [-0.05, 0) is 38.3 Å². The Balaban J connectivity index is 1.44. The Bertz CT molecular complexity index is 572. The first-order valence-corrected chi connectivity index (χ1v) is 9.81. The third-order valence-electron chi connectivity index (χ3n) is 6.22. The summed E-state index contributed by atoms with van der Waals surface area (Å²) in [6.45, 7) is 11.7. The summed E-state index contributed by atoms with van der Waals surface area (Å²) in [7, 11) is 0. The van der Waals surface area contributed by atoms with Crippen LogP contribution in [0.5, 0.6) is 0 Å². The van der Waals surface area contributed by atoms with Crippen LogP contribution in [0.15, 0.2) is 24.3 Å². The lowest BCUT2D eigenvalue weighted by Crippen LogP contribution is -2.47. The largest absolute Gasteiger partial charge is 0.462 e. The van der Waals surface area contributed by atoms with Gasteiger partial charge in [-0.25, -0.2) is 0 Å². The van der Waals surface area contributed by atoms with Crippen molar-refractivity contribution in [1.82, 2.24) is 4.90 Å². The van der Waals surface area contributed by atoms with E-state index in [1.807, 2.05) is 0 Å².